The molecule has 0 amide bonds. The first kappa shape index (κ1) is 30.0. The number of rotatable bonds is 16. The summed E-state index contributed by atoms with van der Waals surface area (Å²) in [6.07, 6.45) is 5.01. The molecule has 8 heteroatoms. The third kappa shape index (κ3) is 8.32. The lowest BCUT2D eigenvalue weighted by Gasteiger charge is -2.32. The minimum absolute atomic E-state index is 0.105. The lowest BCUT2D eigenvalue weighted by Crippen LogP contribution is -2.40. The normalized spacial score (nSPS) is 17.0. The summed E-state index contributed by atoms with van der Waals surface area (Å²) >= 11 is 0. The molecular weight excluding hydrogens is 530 g/mol. The second kappa shape index (κ2) is 15.7. The molecule has 2 unspecified atom stereocenters. The number of nitrogens with zero attached hydrogens (tertiary/aromatic N) is 2. The molecule has 1 fully saturated rings. The Morgan fingerprint density at radius 1 is 0.929 bits per heavy atom. The number of hydrogen-bond donors (Lipinski definition) is 1. The predicted molar refractivity (Wildman–Crippen MR) is 164 cm³/mol. The average molecular weight is 574 g/mol. The van der Waals surface area contributed by atoms with Crippen molar-refractivity contribution in [2.24, 2.45) is 0 Å². The number of fused-ring (bicyclic) bond motifs is 1. The molecule has 2 heterocycles. The summed E-state index contributed by atoms with van der Waals surface area (Å²) in [6.45, 7) is 5.77. The van der Waals surface area contributed by atoms with Crippen LogP contribution in [0, 0.1) is 0 Å². The van der Waals surface area contributed by atoms with Gasteiger partial charge in [-0.1, -0.05) is 42.5 Å². The van der Waals surface area contributed by atoms with Crippen LogP contribution >= 0.6 is 0 Å². The van der Waals surface area contributed by atoms with E-state index in [9.17, 15) is 0 Å². The fourth-order valence-corrected chi connectivity index (χ4v) is 5.44. The first-order valence-electron chi connectivity index (χ1n) is 14.9. The summed E-state index contributed by atoms with van der Waals surface area (Å²) in [4.78, 5) is 0. The van der Waals surface area contributed by atoms with Crippen LogP contribution in [0.3, 0.4) is 0 Å². The van der Waals surface area contributed by atoms with E-state index in [1.54, 1.807) is 14.2 Å². The smallest absolute Gasteiger partial charge is 0.124 e. The standard InChI is InChI=1S/C34H43N3O5/c1-38-18-5-17-37-23-28-10-9-26(21-32(28)36-37)24-42-34-22-35-16-15-31(34)27-11-13-30(14-12-27)41-20-6-19-40-25-29-7-3-4-8-33(29)39-2/h3-4,7-14,21,23,31,34-35H,5-6,15-20,22,24-25H2,1-2H3. The SMILES string of the molecule is COCCCn1cc2ccc(COC3CNCCC3c3ccc(OCCCOCc4ccccc4OC)cc3)cc2n1. The Morgan fingerprint density at radius 3 is 2.67 bits per heavy atom. The highest BCUT2D eigenvalue weighted by molar-refractivity contribution is 5.78. The molecular formula is C34H43N3O5. The van der Waals surface area contributed by atoms with Gasteiger partial charge in [-0.3, -0.25) is 4.68 Å². The van der Waals surface area contributed by atoms with E-state index in [0.717, 1.165) is 79.0 Å². The Hall–Kier alpha value is -3.43. The van der Waals surface area contributed by atoms with Gasteiger partial charge < -0.3 is 29.0 Å². The highest BCUT2D eigenvalue weighted by atomic mass is 16.5. The maximum atomic E-state index is 6.48. The molecule has 42 heavy (non-hydrogen) atoms. The molecule has 0 radical (unpaired) electrons. The Labute approximate surface area is 248 Å². The predicted octanol–water partition coefficient (Wildman–Crippen LogP) is 5.73. The van der Waals surface area contributed by atoms with E-state index in [0.29, 0.717) is 32.3 Å². The monoisotopic (exact) mass is 573 g/mol. The Morgan fingerprint density at radius 2 is 1.81 bits per heavy atom. The third-order valence-corrected chi connectivity index (χ3v) is 7.71. The first-order chi connectivity index (χ1) is 20.7. The summed E-state index contributed by atoms with van der Waals surface area (Å²) in [6, 6.07) is 22.9. The topological polar surface area (TPSA) is 76.0 Å². The first-order valence-corrected chi connectivity index (χ1v) is 14.9. The van der Waals surface area contributed by atoms with Gasteiger partial charge in [0.15, 0.2) is 0 Å². The van der Waals surface area contributed by atoms with Crippen molar-refractivity contribution in [2.45, 2.75) is 51.0 Å². The van der Waals surface area contributed by atoms with Gasteiger partial charge in [0.05, 0.1) is 45.2 Å². The molecule has 224 valence electrons. The van der Waals surface area contributed by atoms with Crippen molar-refractivity contribution in [1.29, 1.82) is 0 Å². The fourth-order valence-electron chi connectivity index (χ4n) is 5.44. The molecule has 1 saturated heterocycles. The van der Waals surface area contributed by atoms with Crippen LogP contribution in [0.2, 0.25) is 0 Å². The molecule has 0 bridgehead atoms. The summed E-state index contributed by atoms with van der Waals surface area (Å²) in [5, 5.41) is 9.39. The number of aromatic nitrogens is 2. The molecule has 2 atom stereocenters. The maximum Gasteiger partial charge on any atom is 0.124 e. The van der Waals surface area contributed by atoms with Crippen LogP contribution in [0.5, 0.6) is 11.5 Å². The zero-order valence-electron chi connectivity index (χ0n) is 24.8. The van der Waals surface area contributed by atoms with Gasteiger partial charge in [0.1, 0.15) is 11.5 Å². The number of hydrogen-bond acceptors (Lipinski definition) is 7. The van der Waals surface area contributed by atoms with Gasteiger partial charge in [-0.25, -0.2) is 0 Å². The number of nitrogens with one attached hydrogen (secondary N) is 1. The number of para-hydroxylation sites is 1. The van der Waals surface area contributed by atoms with E-state index in [4.69, 9.17) is 28.8 Å². The molecule has 3 aromatic carbocycles. The lowest BCUT2D eigenvalue weighted by atomic mass is 9.87. The average Bonchev–Trinajstić information content (AvgIpc) is 3.44. The zero-order valence-corrected chi connectivity index (χ0v) is 24.8. The quantitative estimate of drug-likeness (QED) is 0.172. The number of methoxy groups -OCH3 is 2. The Bertz CT molecular complexity index is 1370. The van der Waals surface area contributed by atoms with Crippen LogP contribution in [0.25, 0.3) is 10.9 Å². The van der Waals surface area contributed by atoms with Crippen LogP contribution < -0.4 is 14.8 Å². The Kier molecular flexibility index (Phi) is 11.2. The molecule has 1 aliphatic heterocycles. The van der Waals surface area contributed by atoms with Gasteiger partial charge in [0.2, 0.25) is 0 Å². The largest absolute Gasteiger partial charge is 0.496 e. The molecule has 0 aliphatic carbocycles. The number of ether oxygens (including phenoxy) is 5. The molecule has 4 aromatic rings. The van der Waals surface area contributed by atoms with Crippen molar-refractivity contribution in [3.63, 3.8) is 0 Å². The van der Waals surface area contributed by atoms with E-state index in [2.05, 4.69) is 54.0 Å². The maximum absolute atomic E-state index is 6.48. The highest BCUT2D eigenvalue weighted by Crippen LogP contribution is 2.30. The number of aryl methyl sites for hydroxylation is 1. The van der Waals surface area contributed by atoms with Gasteiger partial charge >= 0.3 is 0 Å². The van der Waals surface area contributed by atoms with E-state index in [1.165, 1.54) is 5.56 Å². The lowest BCUT2D eigenvalue weighted by molar-refractivity contribution is 0.0106. The third-order valence-electron chi connectivity index (χ3n) is 7.71. The van der Waals surface area contributed by atoms with Crippen LogP contribution in [-0.4, -0.2) is 63.0 Å². The van der Waals surface area contributed by atoms with Crippen molar-refractivity contribution < 1.29 is 23.7 Å². The van der Waals surface area contributed by atoms with E-state index in [1.807, 2.05) is 28.9 Å². The summed E-state index contributed by atoms with van der Waals surface area (Å²) in [5.41, 5.74) is 4.49. The number of piperidine rings is 1. The van der Waals surface area contributed by atoms with E-state index >= 15 is 0 Å². The minimum Gasteiger partial charge on any atom is -0.496 e. The molecule has 0 spiro atoms. The van der Waals surface area contributed by atoms with Crippen molar-refractivity contribution in [3.8, 4) is 11.5 Å². The molecule has 0 saturated carbocycles. The van der Waals surface area contributed by atoms with Crippen LogP contribution in [-0.2, 0) is 34.0 Å². The molecule has 1 aromatic heterocycles. The molecule has 5 rings (SSSR count). The Balaban J connectivity index is 1.07. The van der Waals surface area contributed by atoms with Crippen LogP contribution in [0.4, 0.5) is 0 Å². The second-order valence-electron chi connectivity index (χ2n) is 10.7. The van der Waals surface area contributed by atoms with E-state index in [-0.39, 0.29) is 6.10 Å². The van der Waals surface area contributed by atoms with Crippen molar-refractivity contribution >= 4 is 10.9 Å². The van der Waals surface area contributed by atoms with Gasteiger partial charge in [-0.15, -0.1) is 0 Å². The van der Waals surface area contributed by atoms with Gasteiger partial charge in [-0.05, 0) is 54.8 Å². The van der Waals surface area contributed by atoms with E-state index < -0.39 is 0 Å². The summed E-state index contributed by atoms with van der Waals surface area (Å²) in [7, 11) is 3.41. The summed E-state index contributed by atoms with van der Waals surface area (Å²) in [5.74, 6) is 2.08. The summed E-state index contributed by atoms with van der Waals surface area (Å²) < 4.78 is 30.8. The fraction of sp³-hybridized carbons (Fsp3) is 0.441. The van der Waals surface area contributed by atoms with Crippen molar-refractivity contribution in [3.05, 3.63) is 89.6 Å². The minimum atomic E-state index is 0.105. The van der Waals surface area contributed by atoms with Crippen molar-refractivity contribution in [1.82, 2.24) is 15.1 Å². The molecule has 1 aliphatic rings. The van der Waals surface area contributed by atoms with Crippen LogP contribution in [0.15, 0.2) is 72.9 Å². The van der Waals surface area contributed by atoms with Gasteiger partial charge in [-0.2, -0.15) is 5.10 Å². The van der Waals surface area contributed by atoms with Crippen LogP contribution in [0.1, 0.15) is 41.9 Å². The zero-order chi connectivity index (χ0) is 29.0. The molecule has 8 nitrogen and oxygen atoms in total. The highest BCUT2D eigenvalue weighted by Gasteiger charge is 2.27. The van der Waals surface area contributed by atoms with Gasteiger partial charge in [0, 0.05) is 56.3 Å². The van der Waals surface area contributed by atoms with Crippen molar-refractivity contribution in [2.75, 3.05) is 47.1 Å². The number of benzene rings is 3. The second-order valence-corrected chi connectivity index (χ2v) is 10.7. The van der Waals surface area contributed by atoms with Gasteiger partial charge in [0.25, 0.3) is 0 Å². The molecule has 1 N–H and O–H groups in total.